The van der Waals surface area contributed by atoms with Crippen LogP contribution >= 0.6 is 0 Å². The molecular formula is C9H9F3N2O2. The van der Waals surface area contributed by atoms with Gasteiger partial charge in [-0.05, 0) is 6.07 Å². The van der Waals surface area contributed by atoms with Crippen LogP contribution < -0.4 is 16.2 Å². The lowest BCUT2D eigenvalue weighted by Crippen LogP contribution is -2.29. The normalized spacial score (nSPS) is 13.2. The van der Waals surface area contributed by atoms with Crippen molar-refractivity contribution in [2.75, 3.05) is 0 Å². The standard InChI is InChI=1S/C9H9F3N2O2/c10-9(11,12)16-6-4-2-1-3-5(6)7(13)8(14)15/h1-4,7H,13H2,(H2,14,15). The number of ether oxygens (including phenoxy) is 1. The predicted octanol–water partition coefficient (Wildman–Crippen LogP) is 1.07. The fraction of sp³-hybridized carbons (Fsp3) is 0.222. The summed E-state index contributed by atoms with van der Waals surface area (Å²) >= 11 is 0. The summed E-state index contributed by atoms with van der Waals surface area (Å²) in [7, 11) is 0. The first-order chi connectivity index (χ1) is 7.31. The highest BCUT2D eigenvalue weighted by atomic mass is 19.4. The number of hydrogen-bond acceptors (Lipinski definition) is 3. The molecule has 7 heteroatoms. The molecule has 0 radical (unpaired) electrons. The number of hydrogen-bond donors (Lipinski definition) is 2. The van der Waals surface area contributed by atoms with Gasteiger partial charge in [-0.2, -0.15) is 0 Å². The van der Waals surface area contributed by atoms with Gasteiger partial charge in [0, 0.05) is 5.56 Å². The number of primary amides is 1. The average Bonchev–Trinajstić information content (AvgIpc) is 2.15. The molecule has 0 bridgehead atoms. The zero-order chi connectivity index (χ0) is 12.3. The number of para-hydroxylation sites is 1. The van der Waals surface area contributed by atoms with Gasteiger partial charge in [0.2, 0.25) is 5.91 Å². The first-order valence-corrected chi connectivity index (χ1v) is 4.21. The van der Waals surface area contributed by atoms with Gasteiger partial charge in [0.25, 0.3) is 0 Å². The largest absolute Gasteiger partial charge is 0.573 e. The van der Waals surface area contributed by atoms with Crippen LogP contribution in [0.4, 0.5) is 13.2 Å². The second kappa shape index (κ2) is 4.40. The van der Waals surface area contributed by atoms with Gasteiger partial charge < -0.3 is 16.2 Å². The van der Waals surface area contributed by atoms with E-state index in [9.17, 15) is 18.0 Å². The monoisotopic (exact) mass is 234 g/mol. The van der Waals surface area contributed by atoms with Gasteiger partial charge in [0.15, 0.2) is 0 Å². The molecule has 0 aromatic heterocycles. The van der Waals surface area contributed by atoms with Gasteiger partial charge in [0.05, 0.1) is 0 Å². The van der Waals surface area contributed by atoms with Crippen LogP contribution in [0, 0.1) is 0 Å². The number of amides is 1. The number of rotatable bonds is 3. The smallest absolute Gasteiger partial charge is 0.405 e. The zero-order valence-corrected chi connectivity index (χ0v) is 7.99. The summed E-state index contributed by atoms with van der Waals surface area (Å²) in [5, 5.41) is 0. The molecule has 88 valence electrons. The second-order valence-electron chi connectivity index (χ2n) is 2.97. The summed E-state index contributed by atoms with van der Waals surface area (Å²) in [5.41, 5.74) is 10.1. The Morgan fingerprint density at radius 1 is 1.31 bits per heavy atom. The summed E-state index contributed by atoms with van der Waals surface area (Å²) in [6, 6.07) is 3.74. The lowest BCUT2D eigenvalue weighted by Gasteiger charge is -2.15. The molecule has 16 heavy (non-hydrogen) atoms. The van der Waals surface area contributed by atoms with Gasteiger partial charge >= 0.3 is 6.36 Å². The minimum atomic E-state index is -4.84. The molecule has 0 fully saturated rings. The van der Waals surface area contributed by atoms with Crippen molar-refractivity contribution in [1.29, 1.82) is 0 Å². The molecule has 0 spiro atoms. The number of halogens is 3. The van der Waals surface area contributed by atoms with Crippen molar-refractivity contribution in [2.45, 2.75) is 12.4 Å². The van der Waals surface area contributed by atoms with E-state index < -0.39 is 24.1 Å². The SMILES string of the molecule is NC(=O)C(N)c1ccccc1OC(F)(F)F. The van der Waals surface area contributed by atoms with E-state index in [1.165, 1.54) is 18.2 Å². The van der Waals surface area contributed by atoms with E-state index in [1.54, 1.807) is 0 Å². The van der Waals surface area contributed by atoms with Crippen LogP contribution in [0.5, 0.6) is 5.75 Å². The van der Waals surface area contributed by atoms with Gasteiger partial charge in [-0.15, -0.1) is 13.2 Å². The minimum absolute atomic E-state index is 0.104. The fourth-order valence-corrected chi connectivity index (χ4v) is 1.11. The third-order valence-electron chi connectivity index (χ3n) is 1.79. The van der Waals surface area contributed by atoms with E-state index >= 15 is 0 Å². The topological polar surface area (TPSA) is 78.3 Å². The number of carbonyl (C=O) groups excluding carboxylic acids is 1. The van der Waals surface area contributed by atoms with E-state index in [-0.39, 0.29) is 5.56 Å². The van der Waals surface area contributed by atoms with E-state index in [0.717, 1.165) is 6.07 Å². The van der Waals surface area contributed by atoms with E-state index in [2.05, 4.69) is 4.74 Å². The summed E-state index contributed by atoms with van der Waals surface area (Å²) < 4.78 is 39.7. The number of alkyl halides is 3. The predicted molar refractivity (Wildman–Crippen MR) is 49.2 cm³/mol. The summed E-state index contributed by atoms with van der Waals surface area (Å²) in [6.45, 7) is 0. The quantitative estimate of drug-likeness (QED) is 0.821. The van der Waals surface area contributed by atoms with E-state index in [4.69, 9.17) is 11.5 Å². The molecule has 0 aliphatic rings. The molecule has 4 N–H and O–H groups in total. The second-order valence-corrected chi connectivity index (χ2v) is 2.97. The Kier molecular flexibility index (Phi) is 3.38. The van der Waals surface area contributed by atoms with Crippen molar-refractivity contribution < 1.29 is 22.7 Å². The van der Waals surface area contributed by atoms with E-state index in [0.29, 0.717) is 0 Å². The van der Waals surface area contributed by atoms with Crippen LogP contribution in [0.2, 0.25) is 0 Å². The maximum absolute atomic E-state index is 12.0. The third-order valence-corrected chi connectivity index (χ3v) is 1.79. The van der Waals surface area contributed by atoms with Crippen LogP contribution in [0.1, 0.15) is 11.6 Å². The van der Waals surface area contributed by atoms with Gasteiger partial charge in [0.1, 0.15) is 11.8 Å². The first kappa shape index (κ1) is 12.3. The Labute approximate surface area is 89.0 Å². The Morgan fingerprint density at radius 2 is 1.88 bits per heavy atom. The molecule has 0 aliphatic heterocycles. The molecule has 1 rings (SSSR count). The maximum Gasteiger partial charge on any atom is 0.573 e. The highest BCUT2D eigenvalue weighted by Crippen LogP contribution is 2.29. The maximum atomic E-state index is 12.0. The van der Waals surface area contributed by atoms with E-state index in [1.807, 2.05) is 0 Å². The molecule has 0 aliphatic carbocycles. The molecule has 1 unspecified atom stereocenters. The molecular weight excluding hydrogens is 225 g/mol. The summed E-state index contributed by atoms with van der Waals surface area (Å²) in [6.07, 6.45) is -4.84. The Balaban J connectivity index is 3.05. The molecule has 1 aromatic carbocycles. The van der Waals surface area contributed by atoms with Gasteiger partial charge in [-0.1, -0.05) is 18.2 Å². The van der Waals surface area contributed by atoms with Crippen molar-refractivity contribution in [3.63, 3.8) is 0 Å². The van der Waals surface area contributed by atoms with Crippen LogP contribution in [-0.4, -0.2) is 12.3 Å². The molecule has 0 saturated heterocycles. The van der Waals surface area contributed by atoms with Crippen molar-refractivity contribution in [2.24, 2.45) is 11.5 Å². The Hall–Kier alpha value is -1.76. The highest BCUT2D eigenvalue weighted by molar-refractivity contribution is 5.82. The molecule has 0 heterocycles. The zero-order valence-electron chi connectivity index (χ0n) is 7.99. The van der Waals surface area contributed by atoms with Gasteiger partial charge in [-0.3, -0.25) is 4.79 Å². The molecule has 1 atom stereocenters. The van der Waals surface area contributed by atoms with Crippen LogP contribution in [0.15, 0.2) is 24.3 Å². The van der Waals surface area contributed by atoms with Gasteiger partial charge in [-0.25, -0.2) is 0 Å². The lowest BCUT2D eigenvalue weighted by atomic mass is 10.1. The molecule has 4 nitrogen and oxygen atoms in total. The van der Waals surface area contributed by atoms with Crippen molar-refractivity contribution >= 4 is 5.91 Å². The minimum Gasteiger partial charge on any atom is -0.405 e. The number of carbonyl (C=O) groups is 1. The lowest BCUT2D eigenvalue weighted by molar-refractivity contribution is -0.275. The van der Waals surface area contributed by atoms with Crippen LogP contribution in [-0.2, 0) is 4.79 Å². The highest BCUT2D eigenvalue weighted by Gasteiger charge is 2.33. The molecule has 1 amide bonds. The molecule has 0 saturated carbocycles. The third kappa shape index (κ3) is 3.13. The fourth-order valence-electron chi connectivity index (χ4n) is 1.11. The van der Waals surface area contributed by atoms with Crippen LogP contribution in [0.25, 0.3) is 0 Å². The Morgan fingerprint density at radius 3 is 2.38 bits per heavy atom. The summed E-state index contributed by atoms with van der Waals surface area (Å²) in [5.74, 6) is -1.46. The summed E-state index contributed by atoms with van der Waals surface area (Å²) in [4.78, 5) is 10.8. The first-order valence-electron chi connectivity index (χ1n) is 4.21. The number of benzene rings is 1. The van der Waals surface area contributed by atoms with Crippen molar-refractivity contribution in [1.82, 2.24) is 0 Å². The molecule has 1 aromatic rings. The number of nitrogens with two attached hydrogens (primary N) is 2. The van der Waals surface area contributed by atoms with Crippen molar-refractivity contribution in [3.8, 4) is 5.75 Å². The average molecular weight is 234 g/mol. The van der Waals surface area contributed by atoms with Crippen LogP contribution in [0.3, 0.4) is 0 Å². The Bertz CT molecular complexity index is 393. The van der Waals surface area contributed by atoms with Crippen molar-refractivity contribution in [3.05, 3.63) is 29.8 Å².